The van der Waals surface area contributed by atoms with E-state index in [0.29, 0.717) is 6.42 Å². The molecule has 2 heterocycles. The van der Waals surface area contributed by atoms with Crippen molar-refractivity contribution in [2.24, 2.45) is 5.18 Å². The fourth-order valence-electron chi connectivity index (χ4n) is 4.22. The van der Waals surface area contributed by atoms with E-state index in [4.69, 9.17) is 0 Å². The van der Waals surface area contributed by atoms with Crippen LogP contribution in [0.5, 0.6) is 0 Å². The number of fused-ring (bicyclic) bond motifs is 1. The van der Waals surface area contributed by atoms with Gasteiger partial charge in [0.15, 0.2) is 0 Å². The lowest BCUT2D eigenvalue weighted by atomic mass is 9.83. The molecule has 0 aliphatic heterocycles. The predicted octanol–water partition coefficient (Wildman–Crippen LogP) is 5.97. The van der Waals surface area contributed by atoms with E-state index in [1.165, 1.54) is 16.5 Å². The number of H-pyrrole nitrogens is 1. The summed E-state index contributed by atoms with van der Waals surface area (Å²) in [6.07, 6.45) is 4.02. The van der Waals surface area contributed by atoms with Gasteiger partial charge in [0, 0.05) is 54.7 Å². The molecule has 0 saturated carbocycles. The van der Waals surface area contributed by atoms with E-state index >= 15 is 0 Å². The number of para-hydroxylation sites is 1. The molecule has 1 N–H and O–H groups in total. The van der Waals surface area contributed by atoms with Crippen LogP contribution in [0.25, 0.3) is 10.9 Å². The van der Waals surface area contributed by atoms with Crippen LogP contribution >= 0.6 is 0 Å². The third-order valence-corrected chi connectivity index (χ3v) is 5.78. The highest BCUT2D eigenvalue weighted by Gasteiger charge is 2.26. The topological polar surface area (TPSA) is 61.4 Å². The molecule has 2 aromatic carbocycles. The molecule has 5 nitrogen and oxygen atoms in total. The molecule has 0 radical (unpaired) electrons. The normalized spacial score (nSPS) is 13.2. The highest BCUT2D eigenvalue weighted by Crippen LogP contribution is 2.40. The second-order valence-corrected chi connectivity index (χ2v) is 7.89. The number of aromatic amines is 1. The summed E-state index contributed by atoms with van der Waals surface area (Å²) in [4.78, 5) is 21.5. The smallest absolute Gasteiger partial charge is 0.118 e. The highest BCUT2D eigenvalue weighted by atomic mass is 16.3. The van der Waals surface area contributed by atoms with Crippen LogP contribution in [0.4, 0.5) is 5.69 Å². The van der Waals surface area contributed by atoms with Crippen molar-refractivity contribution in [1.82, 2.24) is 9.97 Å². The van der Waals surface area contributed by atoms with Crippen molar-refractivity contribution in [3.05, 3.63) is 100 Å². The van der Waals surface area contributed by atoms with Crippen molar-refractivity contribution < 1.29 is 0 Å². The first-order valence-corrected chi connectivity index (χ1v) is 10.2. The Morgan fingerprint density at radius 3 is 2.33 bits per heavy atom. The Morgan fingerprint density at radius 1 is 0.967 bits per heavy atom. The summed E-state index contributed by atoms with van der Waals surface area (Å²) in [5, 5.41) is 4.68. The van der Waals surface area contributed by atoms with Crippen molar-refractivity contribution in [3.8, 4) is 0 Å². The number of anilines is 1. The zero-order chi connectivity index (χ0) is 21.1. The van der Waals surface area contributed by atoms with Crippen LogP contribution in [0.1, 0.15) is 40.8 Å². The van der Waals surface area contributed by atoms with Crippen molar-refractivity contribution in [3.63, 3.8) is 0 Å². The van der Waals surface area contributed by atoms with Crippen LogP contribution in [0.15, 0.2) is 78.2 Å². The van der Waals surface area contributed by atoms with Crippen molar-refractivity contribution >= 4 is 16.6 Å². The first-order chi connectivity index (χ1) is 14.6. The van der Waals surface area contributed by atoms with Gasteiger partial charge in [0.2, 0.25) is 0 Å². The van der Waals surface area contributed by atoms with E-state index in [1.54, 1.807) is 12.4 Å². The molecule has 5 heteroatoms. The minimum atomic E-state index is -0.445. The summed E-state index contributed by atoms with van der Waals surface area (Å²) in [6, 6.07) is 20.2. The number of aromatic nitrogens is 2. The van der Waals surface area contributed by atoms with Gasteiger partial charge < -0.3 is 9.88 Å². The van der Waals surface area contributed by atoms with Gasteiger partial charge >= 0.3 is 0 Å². The third-order valence-electron chi connectivity index (χ3n) is 5.78. The standard InChI is InChI=1S/C25H26N4O/c1-17-25(21-6-4-5-7-23(21)27-17)22(18-8-10-20(11-9-18)29(2)3)16-24(28-30)19-12-14-26-15-13-19/h4-15,22,24,27H,16H2,1-3H3. The minimum absolute atomic E-state index is 0.0354. The van der Waals surface area contributed by atoms with Gasteiger partial charge in [-0.2, -0.15) is 4.91 Å². The van der Waals surface area contributed by atoms with Crippen LogP contribution < -0.4 is 4.90 Å². The van der Waals surface area contributed by atoms with Gasteiger partial charge in [-0.3, -0.25) is 4.98 Å². The number of pyridine rings is 1. The first kappa shape index (κ1) is 19.8. The van der Waals surface area contributed by atoms with Gasteiger partial charge in [0.1, 0.15) is 6.04 Å². The number of rotatable bonds is 7. The molecule has 0 saturated heterocycles. The Labute approximate surface area is 176 Å². The molecule has 0 amide bonds. The quantitative estimate of drug-likeness (QED) is 0.390. The van der Waals surface area contributed by atoms with E-state index in [2.05, 4.69) is 69.4 Å². The maximum absolute atomic E-state index is 11.8. The Morgan fingerprint density at radius 2 is 1.67 bits per heavy atom. The van der Waals surface area contributed by atoms with E-state index in [-0.39, 0.29) is 5.92 Å². The molecular weight excluding hydrogens is 372 g/mol. The third kappa shape index (κ3) is 3.83. The summed E-state index contributed by atoms with van der Waals surface area (Å²) in [7, 11) is 4.07. The van der Waals surface area contributed by atoms with Crippen molar-refractivity contribution in [1.29, 1.82) is 0 Å². The number of aryl methyl sites for hydroxylation is 1. The van der Waals surface area contributed by atoms with Crippen molar-refractivity contribution in [2.75, 3.05) is 19.0 Å². The maximum atomic E-state index is 11.8. The van der Waals surface area contributed by atoms with Gasteiger partial charge in [0.25, 0.3) is 0 Å². The monoisotopic (exact) mass is 398 g/mol. The summed E-state index contributed by atoms with van der Waals surface area (Å²) < 4.78 is 0. The largest absolute Gasteiger partial charge is 0.378 e. The maximum Gasteiger partial charge on any atom is 0.118 e. The minimum Gasteiger partial charge on any atom is -0.378 e. The van der Waals surface area contributed by atoms with E-state index in [9.17, 15) is 4.91 Å². The van der Waals surface area contributed by atoms with Gasteiger partial charge in [-0.05, 0) is 60.4 Å². The molecule has 30 heavy (non-hydrogen) atoms. The first-order valence-electron chi connectivity index (χ1n) is 10.2. The molecule has 2 aromatic heterocycles. The molecule has 4 aromatic rings. The Bertz CT molecular complexity index is 1130. The Hall–Kier alpha value is -3.47. The summed E-state index contributed by atoms with van der Waals surface area (Å²) >= 11 is 0. The van der Waals surface area contributed by atoms with Crippen LogP contribution in [0.3, 0.4) is 0 Å². The van der Waals surface area contributed by atoms with Gasteiger partial charge in [0.05, 0.1) is 0 Å². The summed E-state index contributed by atoms with van der Waals surface area (Å²) in [5.74, 6) is 0.0354. The van der Waals surface area contributed by atoms with Gasteiger partial charge in [-0.1, -0.05) is 35.5 Å². The van der Waals surface area contributed by atoms with Crippen molar-refractivity contribution in [2.45, 2.75) is 25.3 Å². The number of nitroso groups, excluding NO2 is 1. The molecule has 0 aliphatic rings. The average molecular weight is 399 g/mol. The molecule has 0 spiro atoms. The van der Waals surface area contributed by atoms with Gasteiger partial charge in [-0.15, -0.1) is 0 Å². The Balaban J connectivity index is 1.82. The number of nitrogens with zero attached hydrogens (tertiary/aromatic N) is 3. The molecule has 0 bridgehead atoms. The summed E-state index contributed by atoms with van der Waals surface area (Å²) in [6.45, 7) is 2.10. The number of benzene rings is 2. The molecule has 0 fully saturated rings. The lowest BCUT2D eigenvalue weighted by Gasteiger charge is -2.22. The SMILES string of the molecule is Cc1[nH]c2ccccc2c1C(CC(N=O)c1ccncc1)c1ccc(N(C)C)cc1. The molecule has 2 atom stereocenters. The second-order valence-electron chi connectivity index (χ2n) is 7.89. The van der Waals surface area contributed by atoms with Crippen LogP contribution in [0, 0.1) is 11.8 Å². The fraction of sp³-hybridized carbons (Fsp3) is 0.240. The summed E-state index contributed by atoms with van der Waals surface area (Å²) in [5.41, 5.74) is 6.68. The van der Waals surface area contributed by atoms with E-state index in [0.717, 1.165) is 22.5 Å². The zero-order valence-corrected chi connectivity index (χ0v) is 17.5. The molecule has 4 rings (SSSR count). The number of hydrogen-bond donors (Lipinski definition) is 1. The van der Waals surface area contributed by atoms with Crippen LogP contribution in [-0.2, 0) is 0 Å². The molecule has 2 unspecified atom stereocenters. The molecule has 152 valence electrons. The van der Waals surface area contributed by atoms with E-state index in [1.807, 2.05) is 32.3 Å². The fourth-order valence-corrected chi connectivity index (χ4v) is 4.22. The van der Waals surface area contributed by atoms with E-state index < -0.39 is 6.04 Å². The van der Waals surface area contributed by atoms with Gasteiger partial charge in [-0.25, -0.2) is 0 Å². The van der Waals surface area contributed by atoms with Crippen LogP contribution in [-0.4, -0.2) is 24.1 Å². The van der Waals surface area contributed by atoms with Crippen LogP contribution in [0.2, 0.25) is 0 Å². The zero-order valence-electron chi connectivity index (χ0n) is 17.5. The molecular formula is C25H26N4O. The predicted molar refractivity (Wildman–Crippen MR) is 123 cm³/mol. The Kier molecular flexibility index (Phi) is 5.61. The highest BCUT2D eigenvalue weighted by molar-refractivity contribution is 5.85. The second kappa shape index (κ2) is 8.49. The average Bonchev–Trinajstić information content (AvgIpc) is 3.11. The lowest BCUT2D eigenvalue weighted by Crippen LogP contribution is -2.10. The number of hydrogen-bond acceptors (Lipinski definition) is 4. The lowest BCUT2D eigenvalue weighted by molar-refractivity contribution is 0.594. The molecule has 0 aliphatic carbocycles. The number of nitrogens with one attached hydrogen (secondary N) is 1.